The number of aromatic nitrogens is 1. The molecule has 0 amide bonds. The molecule has 1 aromatic heterocycles. The van der Waals surface area contributed by atoms with Crippen molar-refractivity contribution in [3.05, 3.63) is 75.9 Å². The van der Waals surface area contributed by atoms with Crippen molar-refractivity contribution in [1.29, 1.82) is 0 Å². The summed E-state index contributed by atoms with van der Waals surface area (Å²) in [6.07, 6.45) is 1.81. The average Bonchev–Trinajstić information content (AvgIpc) is 2.49. The summed E-state index contributed by atoms with van der Waals surface area (Å²) < 4.78 is 1.10. The minimum absolute atomic E-state index is 0.144. The number of benzene rings is 2. The van der Waals surface area contributed by atoms with Gasteiger partial charge in [0.05, 0.1) is 11.6 Å². The zero-order valence-electron chi connectivity index (χ0n) is 11.2. The topological polar surface area (TPSA) is 38.9 Å². The lowest BCUT2D eigenvalue weighted by atomic mass is 9.95. The highest BCUT2D eigenvalue weighted by atomic mass is 79.9. The molecule has 1 heterocycles. The van der Waals surface area contributed by atoms with Crippen LogP contribution in [0.25, 0.3) is 10.9 Å². The molecule has 3 heteroatoms. The van der Waals surface area contributed by atoms with Gasteiger partial charge in [0.1, 0.15) is 0 Å². The van der Waals surface area contributed by atoms with Crippen molar-refractivity contribution >= 4 is 26.8 Å². The van der Waals surface area contributed by atoms with Gasteiger partial charge in [-0.1, -0.05) is 46.3 Å². The molecule has 1 unspecified atom stereocenters. The molecule has 2 N–H and O–H groups in total. The van der Waals surface area contributed by atoms with Crippen molar-refractivity contribution in [3.8, 4) is 0 Å². The third-order valence-corrected chi connectivity index (χ3v) is 4.45. The van der Waals surface area contributed by atoms with Crippen LogP contribution in [0.2, 0.25) is 0 Å². The lowest BCUT2D eigenvalue weighted by molar-refractivity contribution is 0.878. The summed E-state index contributed by atoms with van der Waals surface area (Å²) in [4.78, 5) is 4.39. The number of hydrogen-bond donors (Lipinski definition) is 1. The maximum absolute atomic E-state index is 6.46. The standard InChI is InChI=1S/C17H15BrN2/c1-11-10-12(7-8-15(11)18)17(19)14-4-2-6-16-13(14)5-3-9-20-16/h2-10,17H,19H2,1H3. The Morgan fingerprint density at radius 3 is 2.75 bits per heavy atom. The van der Waals surface area contributed by atoms with E-state index in [-0.39, 0.29) is 6.04 Å². The third kappa shape index (κ3) is 2.35. The summed E-state index contributed by atoms with van der Waals surface area (Å²) in [5.74, 6) is 0. The maximum atomic E-state index is 6.46. The number of nitrogens with two attached hydrogens (primary N) is 1. The molecule has 100 valence electrons. The SMILES string of the molecule is Cc1cc(C(N)c2cccc3ncccc23)ccc1Br. The summed E-state index contributed by atoms with van der Waals surface area (Å²) in [5, 5.41) is 1.11. The molecule has 0 aliphatic heterocycles. The number of fused-ring (bicyclic) bond motifs is 1. The number of aryl methyl sites for hydroxylation is 1. The summed E-state index contributed by atoms with van der Waals surface area (Å²) >= 11 is 3.52. The van der Waals surface area contributed by atoms with E-state index in [0.717, 1.165) is 26.5 Å². The van der Waals surface area contributed by atoms with Crippen LogP contribution in [-0.2, 0) is 0 Å². The fraction of sp³-hybridized carbons (Fsp3) is 0.118. The molecule has 2 nitrogen and oxygen atoms in total. The first kappa shape index (κ1) is 13.3. The van der Waals surface area contributed by atoms with E-state index in [2.05, 4.69) is 52.1 Å². The van der Waals surface area contributed by atoms with Crippen LogP contribution in [0.3, 0.4) is 0 Å². The van der Waals surface area contributed by atoms with Gasteiger partial charge in [0.15, 0.2) is 0 Å². The van der Waals surface area contributed by atoms with Crippen molar-refractivity contribution < 1.29 is 0 Å². The van der Waals surface area contributed by atoms with E-state index in [0.29, 0.717) is 0 Å². The molecular formula is C17H15BrN2. The second kappa shape index (κ2) is 5.35. The molecule has 0 fully saturated rings. The van der Waals surface area contributed by atoms with Gasteiger partial charge < -0.3 is 5.73 Å². The Kier molecular flexibility index (Phi) is 3.55. The highest BCUT2D eigenvalue weighted by Gasteiger charge is 2.13. The molecular weight excluding hydrogens is 312 g/mol. The Labute approximate surface area is 126 Å². The van der Waals surface area contributed by atoms with Gasteiger partial charge in [0, 0.05) is 16.1 Å². The first-order valence-electron chi connectivity index (χ1n) is 6.52. The number of hydrogen-bond acceptors (Lipinski definition) is 2. The lowest BCUT2D eigenvalue weighted by Gasteiger charge is -2.16. The number of halogens is 1. The summed E-state index contributed by atoms with van der Waals surface area (Å²) in [6, 6.07) is 16.2. The second-order valence-corrected chi connectivity index (χ2v) is 5.76. The van der Waals surface area contributed by atoms with Gasteiger partial charge in [-0.25, -0.2) is 0 Å². The highest BCUT2D eigenvalue weighted by molar-refractivity contribution is 9.10. The van der Waals surface area contributed by atoms with Crippen LogP contribution in [0.5, 0.6) is 0 Å². The quantitative estimate of drug-likeness (QED) is 0.760. The van der Waals surface area contributed by atoms with Gasteiger partial charge in [0.25, 0.3) is 0 Å². The number of pyridine rings is 1. The zero-order chi connectivity index (χ0) is 14.1. The number of nitrogens with zero attached hydrogens (tertiary/aromatic N) is 1. The Balaban J connectivity index is 2.12. The molecule has 0 saturated carbocycles. The molecule has 0 aliphatic rings. The Morgan fingerprint density at radius 1 is 1.10 bits per heavy atom. The van der Waals surface area contributed by atoms with Gasteiger partial charge in [0.2, 0.25) is 0 Å². The highest BCUT2D eigenvalue weighted by Crippen LogP contribution is 2.28. The van der Waals surface area contributed by atoms with Crippen LogP contribution in [0, 0.1) is 6.92 Å². The van der Waals surface area contributed by atoms with Gasteiger partial charge >= 0.3 is 0 Å². The molecule has 0 saturated heterocycles. The van der Waals surface area contributed by atoms with E-state index in [1.54, 1.807) is 6.20 Å². The molecule has 0 spiro atoms. The Morgan fingerprint density at radius 2 is 1.95 bits per heavy atom. The first-order valence-corrected chi connectivity index (χ1v) is 7.31. The predicted octanol–water partition coefficient (Wildman–Crippen LogP) is 4.35. The number of rotatable bonds is 2. The normalized spacial score (nSPS) is 12.6. The monoisotopic (exact) mass is 326 g/mol. The summed E-state index contributed by atoms with van der Waals surface area (Å²) in [7, 11) is 0. The van der Waals surface area contributed by atoms with E-state index in [1.807, 2.05) is 24.3 Å². The first-order chi connectivity index (χ1) is 9.66. The third-order valence-electron chi connectivity index (χ3n) is 3.56. The van der Waals surface area contributed by atoms with Crippen LogP contribution >= 0.6 is 15.9 Å². The van der Waals surface area contributed by atoms with E-state index in [4.69, 9.17) is 5.73 Å². The van der Waals surface area contributed by atoms with E-state index in [9.17, 15) is 0 Å². The van der Waals surface area contributed by atoms with E-state index >= 15 is 0 Å². The molecule has 20 heavy (non-hydrogen) atoms. The van der Waals surface area contributed by atoms with Crippen LogP contribution in [0.1, 0.15) is 22.7 Å². The lowest BCUT2D eigenvalue weighted by Crippen LogP contribution is -2.12. The summed E-state index contributed by atoms with van der Waals surface area (Å²) in [5.41, 5.74) is 10.9. The Hall–Kier alpha value is -1.71. The van der Waals surface area contributed by atoms with Crippen molar-refractivity contribution in [2.75, 3.05) is 0 Å². The minimum atomic E-state index is -0.144. The molecule has 0 aliphatic carbocycles. The van der Waals surface area contributed by atoms with Gasteiger partial charge in [-0.2, -0.15) is 0 Å². The van der Waals surface area contributed by atoms with Crippen molar-refractivity contribution in [1.82, 2.24) is 4.98 Å². The molecule has 1 atom stereocenters. The molecule has 3 rings (SSSR count). The maximum Gasteiger partial charge on any atom is 0.0705 e. The van der Waals surface area contributed by atoms with E-state index < -0.39 is 0 Å². The van der Waals surface area contributed by atoms with Crippen molar-refractivity contribution in [2.45, 2.75) is 13.0 Å². The molecule has 0 bridgehead atoms. The van der Waals surface area contributed by atoms with Crippen LogP contribution in [-0.4, -0.2) is 4.98 Å². The Bertz CT molecular complexity index is 763. The van der Waals surface area contributed by atoms with Crippen LogP contribution in [0.15, 0.2) is 59.2 Å². The van der Waals surface area contributed by atoms with Crippen molar-refractivity contribution in [2.24, 2.45) is 5.73 Å². The van der Waals surface area contributed by atoms with Gasteiger partial charge in [-0.3, -0.25) is 4.98 Å². The fourth-order valence-electron chi connectivity index (χ4n) is 2.44. The van der Waals surface area contributed by atoms with Crippen LogP contribution in [0.4, 0.5) is 0 Å². The van der Waals surface area contributed by atoms with E-state index in [1.165, 1.54) is 5.56 Å². The summed E-state index contributed by atoms with van der Waals surface area (Å²) in [6.45, 7) is 2.07. The average molecular weight is 327 g/mol. The van der Waals surface area contributed by atoms with Gasteiger partial charge in [-0.15, -0.1) is 0 Å². The second-order valence-electron chi connectivity index (χ2n) is 4.90. The smallest absolute Gasteiger partial charge is 0.0705 e. The predicted molar refractivity (Wildman–Crippen MR) is 86.7 cm³/mol. The van der Waals surface area contributed by atoms with Gasteiger partial charge in [-0.05, 0) is 41.8 Å². The molecule has 3 aromatic rings. The largest absolute Gasteiger partial charge is 0.320 e. The minimum Gasteiger partial charge on any atom is -0.320 e. The zero-order valence-corrected chi connectivity index (χ0v) is 12.8. The fourth-order valence-corrected chi connectivity index (χ4v) is 2.69. The van der Waals surface area contributed by atoms with Crippen LogP contribution < -0.4 is 5.73 Å². The molecule has 2 aromatic carbocycles. The molecule has 0 radical (unpaired) electrons. The van der Waals surface area contributed by atoms with Crippen molar-refractivity contribution in [3.63, 3.8) is 0 Å².